The minimum atomic E-state index is -0.592. The molecule has 1 aliphatic heterocycles. The van der Waals surface area contributed by atoms with Crippen molar-refractivity contribution in [3.05, 3.63) is 35.9 Å². The minimum Gasteiger partial charge on any atom is -0.466 e. The smallest absolute Gasteiger partial charge is 0.310 e. The van der Waals surface area contributed by atoms with Gasteiger partial charge in [0.05, 0.1) is 25.7 Å². The molecule has 0 radical (unpaired) electrons. The molecule has 1 aromatic carbocycles. The van der Waals surface area contributed by atoms with Crippen LogP contribution in [0.5, 0.6) is 0 Å². The molecule has 5 heteroatoms. The van der Waals surface area contributed by atoms with E-state index in [0.29, 0.717) is 26.2 Å². The summed E-state index contributed by atoms with van der Waals surface area (Å²) in [5.74, 6) is -0.998. The number of hydrogen-bond acceptors (Lipinski definition) is 5. The molecule has 24 heavy (non-hydrogen) atoms. The summed E-state index contributed by atoms with van der Waals surface area (Å²) in [6.45, 7) is 5.58. The van der Waals surface area contributed by atoms with Crippen LogP contribution in [0.25, 0.3) is 0 Å². The standard InChI is InChI=1S/C19H27NO4/c1-3-22-18(21)16-13-19(23-11-12-24-19)10-9-17(16)20-14(2)15-7-5-4-6-8-15/h4-8,14,16-17,20H,3,9-13H2,1-2H3/t14-,16?,17?/m1/s1. The second-order valence-corrected chi connectivity index (χ2v) is 6.61. The van der Waals surface area contributed by atoms with Crippen molar-refractivity contribution >= 4 is 5.97 Å². The summed E-state index contributed by atoms with van der Waals surface area (Å²) < 4.78 is 17.0. The van der Waals surface area contributed by atoms with E-state index in [1.165, 1.54) is 5.56 Å². The van der Waals surface area contributed by atoms with Gasteiger partial charge < -0.3 is 19.5 Å². The van der Waals surface area contributed by atoms with Crippen molar-refractivity contribution in [3.8, 4) is 0 Å². The van der Waals surface area contributed by atoms with Crippen molar-refractivity contribution in [2.75, 3.05) is 19.8 Å². The molecule has 0 bridgehead atoms. The van der Waals surface area contributed by atoms with Crippen molar-refractivity contribution in [2.45, 2.75) is 51.0 Å². The SMILES string of the molecule is CCOC(=O)C1CC2(CCC1N[C@H](C)c1ccccc1)OCCO2. The zero-order valence-corrected chi connectivity index (χ0v) is 14.5. The monoisotopic (exact) mass is 333 g/mol. The highest BCUT2D eigenvalue weighted by Gasteiger charge is 2.48. The Hall–Kier alpha value is -1.43. The van der Waals surface area contributed by atoms with Crippen molar-refractivity contribution in [1.29, 1.82) is 0 Å². The molecule has 1 saturated heterocycles. The first-order valence-electron chi connectivity index (χ1n) is 8.89. The summed E-state index contributed by atoms with van der Waals surface area (Å²) in [4.78, 5) is 12.5. The third-order valence-electron chi connectivity index (χ3n) is 5.02. The Morgan fingerprint density at radius 2 is 2.04 bits per heavy atom. The van der Waals surface area contributed by atoms with Gasteiger partial charge in [-0.2, -0.15) is 0 Å². The van der Waals surface area contributed by atoms with Crippen LogP contribution < -0.4 is 5.32 Å². The predicted molar refractivity (Wildman–Crippen MR) is 90.4 cm³/mol. The van der Waals surface area contributed by atoms with Crippen LogP contribution in [0.1, 0.15) is 44.7 Å². The van der Waals surface area contributed by atoms with Gasteiger partial charge in [0.15, 0.2) is 5.79 Å². The molecule has 2 fully saturated rings. The van der Waals surface area contributed by atoms with Gasteiger partial charge in [0.1, 0.15) is 0 Å². The van der Waals surface area contributed by atoms with Gasteiger partial charge in [-0.3, -0.25) is 4.79 Å². The Balaban J connectivity index is 1.71. The van der Waals surface area contributed by atoms with Crippen LogP contribution in [-0.4, -0.2) is 37.6 Å². The van der Waals surface area contributed by atoms with Gasteiger partial charge in [0.25, 0.3) is 0 Å². The average molecular weight is 333 g/mol. The third kappa shape index (κ3) is 3.79. The van der Waals surface area contributed by atoms with E-state index in [4.69, 9.17) is 14.2 Å². The fraction of sp³-hybridized carbons (Fsp3) is 0.632. The number of carbonyl (C=O) groups excluding carboxylic acids is 1. The van der Waals surface area contributed by atoms with Gasteiger partial charge in [0.2, 0.25) is 0 Å². The quantitative estimate of drug-likeness (QED) is 0.840. The normalized spacial score (nSPS) is 27.1. The van der Waals surface area contributed by atoms with Crippen LogP contribution in [0.3, 0.4) is 0 Å². The van der Waals surface area contributed by atoms with Gasteiger partial charge >= 0.3 is 5.97 Å². The Morgan fingerprint density at radius 3 is 2.71 bits per heavy atom. The Labute approximate surface area is 143 Å². The number of rotatable bonds is 5. The van der Waals surface area contributed by atoms with E-state index < -0.39 is 5.79 Å². The molecule has 2 unspecified atom stereocenters. The Bertz CT molecular complexity index is 542. The Kier molecular flexibility index (Phi) is 5.54. The van der Waals surface area contributed by atoms with Crippen LogP contribution in [-0.2, 0) is 19.0 Å². The van der Waals surface area contributed by atoms with Gasteiger partial charge in [0, 0.05) is 24.9 Å². The van der Waals surface area contributed by atoms with E-state index in [-0.39, 0.29) is 24.0 Å². The highest BCUT2D eigenvalue weighted by atomic mass is 16.7. The number of carbonyl (C=O) groups is 1. The van der Waals surface area contributed by atoms with E-state index in [2.05, 4.69) is 24.4 Å². The van der Waals surface area contributed by atoms with E-state index in [9.17, 15) is 4.79 Å². The maximum absolute atomic E-state index is 12.5. The number of ether oxygens (including phenoxy) is 3. The molecule has 3 atom stereocenters. The molecule has 0 amide bonds. The third-order valence-corrected chi connectivity index (χ3v) is 5.02. The van der Waals surface area contributed by atoms with Gasteiger partial charge in [-0.25, -0.2) is 0 Å². The van der Waals surface area contributed by atoms with E-state index in [1.807, 2.05) is 25.1 Å². The number of nitrogens with one attached hydrogen (secondary N) is 1. The second kappa shape index (κ2) is 7.64. The van der Waals surface area contributed by atoms with Gasteiger partial charge in [-0.1, -0.05) is 30.3 Å². The maximum Gasteiger partial charge on any atom is 0.310 e. The predicted octanol–water partition coefficient (Wildman–Crippen LogP) is 2.81. The molecular formula is C19H27NO4. The van der Waals surface area contributed by atoms with Crippen LogP contribution in [0.15, 0.2) is 30.3 Å². The summed E-state index contributed by atoms with van der Waals surface area (Å²) in [7, 11) is 0. The van der Waals surface area contributed by atoms with Crippen LogP contribution in [0.2, 0.25) is 0 Å². The topological polar surface area (TPSA) is 56.8 Å². The lowest BCUT2D eigenvalue weighted by molar-refractivity contribution is -0.199. The van der Waals surface area contributed by atoms with Gasteiger partial charge in [-0.05, 0) is 25.8 Å². The lowest BCUT2D eigenvalue weighted by Crippen LogP contribution is -2.51. The highest BCUT2D eigenvalue weighted by molar-refractivity contribution is 5.73. The van der Waals surface area contributed by atoms with E-state index in [0.717, 1.165) is 12.8 Å². The van der Waals surface area contributed by atoms with Crippen LogP contribution in [0, 0.1) is 5.92 Å². The molecular weight excluding hydrogens is 306 g/mol. The molecule has 0 aromatic heterocycles. The first-order valence-corrected chi connectivity index (χ1v) is 8.89. The fourth-order valence-corrected chi connectivity index (χ4v) is 3.77. The molecule has 1 spiro atoms. The highest BCUT2D eigenvalue weighted by Crippen LogP contribution is 2.40. The molecule has 5 nitrogen and oxygen atoms in total. The summed E-state index contributed by atoms with van der Waals surface area (Å²) in [5, 5.41) is 3.62. The lowest BCUT2D eigenvalue weighted by Gasteiger charge is -2.41. The fourth-order valence-electron chi connectivity index (χ4n) is 3.77. The first-order chi connectivity index (χ1) is 11.6. The first kappa shape index (κ1) is 17.4. The number of hydrogen-bond donors (Lipinski definition) is 1. The summed E-state index contributed by atoms with van der Waals surface area (Å²) >= 11 is 0. The molecule has 2 aliphatic rings. The van der Waals surface area contributed by atoms with Crippen molar-refractivity contribution in [1.82, 2.24) is 5.32 Å². The molecule has 132 valence electrons. The summed E-state index contributed by atoms with van der Waals surface area (Å²) in [6, 6.07) is 10.5. The molecule has 3 rings (SSSR count). The lowest BCUT2D eigenvalue weighted by atomic mass is 9.80. The largest absolute Gasteiger partial charge is 0.466 e. The zero-order chi connectivity index (χ0) is 17.0. The zero-order valence-electron chi connectivity index (χ0n) is 14.5. The Morgan fingerprint density at radius 1 is 1.33 bits per heavy atom. The molecule has 1 aliphatic carbocycles. The van der Waals surface area contributed by atoms with Crippen molar-refractivity contribution < 1.29 is 19.0 Å². The van der Waals surface area contributed by atoms with Crippen LogP contribution in [0.4, 0.5) is 0 Å². The molecule has 1 aromatic rings. The molecule has 1 heterocycles. The average Bonchev–Trinajstić information content (AvgIpc) is 3.05. The van der Waals surface area contributed by atoms with Crippen molar-refractivity contribution in [2.24, 2.45) is 5.92 Å². The molecule has 1 saturated carbocycles. The summed E-state index contributed by atoms with van der Waals surface area (Å²) in [6.07, 6.45) is 2.20. The van der Waals surface area contributed by atoms with Crippen molar-refractivity contribution in [3.63, 3.8) is 0 Å². The maximum atomic E-state index is 12.5. The van der Waals surface area contributed by atoms with E-state index in [1.54, 1.807) is 0 Å². The molecule has 1 N–H and O–H groups in total. The van der Waals surface area contributed by atoms with Crippen LogP contribution >= 0.6 is 0 Å². The van der Waals surface area contributed by atoms with Gasteiger partial charge in [-0.15, -0.1) is 0 Å². The minimum absolute atomic E-state index is 0.0673. The summed E-state index contributed by atoms with van der Waals surface area (Å²) in [5.41, 5.74) is 1.22. The number of benzene rings is 1. The second-order valence-electron chi connectivity index (χ2n) is 6.61. The van der Waals surface area contributed by atoms with E-state index >= 15 is 0 Å². The number of esters is 1.